The fraction of sp³-hybridized carbons (Fsp3) is 0.538. The van der Waals surface area contributed by atoms with E-state index in [0.29, 0.717) is 13.2 Å². The van der Waals surface area contributed by atoms with Crippen molar-refractivity contribution in [2.24, 2.45) is 0 Å². The van der Waals surface area contributed by atoms with Gasteiger partial charge in [0.25, 0.3) is 0 Å². The highest BCUT2D eigenvalue weighted by molar-refractivity contribution is 5.24. The first-order valence-corrected chi connectivity index (χ1v) is 5.77. The lowest BCUT2D eigenvalue weighted by Gasteiger charge is -2.24. The van der Waals surface area contributed by atoms with Crippen LogP contribution in [0.3, 0.4) is 0 Å². The molecule has 0 amide bonds. The molecule has 2 nitrogen and oxygen atoms in total. The summed E-state index contributed by atoms with van der Waals surface area (Å²) < 4.78 is 31.2. The van der Waals surface area contributed by atoms with Crippen molar-refractivity contribution in [2.75, 3.05) is 13.2 Å². The van der Waals surface area contributed by atoms with E-state index >= 15 is 0 Å². The summed E-state index contributed by atoms with van der Waals surface area (Å²) in [5.74, 6) is -1.08. The van der Waals surface area contributed by atoms with Gasteiger partial charge in [0.15, 0.2) is 11.6 Å². The summed E-state index contributed by atoms with van der Waals surface area (Å²) in [7, 11) is 0. The van der Waals surface area contributed by atoms with Crippen molar-refractivity contribution in [3.05, 3.63) is 29.8 Å². The summed E-state index contributed by atoms with van der Waals surface area (Å²) in [6.07, 6.45) is 0.987. The predicted octanol–water partition coefficient (Wildman–Crippen LogP) is 3.12. The standard InChI is InChI=1S/C13H19F2NO/c1-4-13(2,3)16-7-8-17-12-9-10(14)5-6-11(12)15/h5-6,9,16H,4,7-8H2,1-3H3. The fourth-order valence-electron chi connectivity index (χ4n) is 1.26. The predicted molar refractivity (Wildman–Crippen MR) is 64.2 cm³/mol. The van der Waals surface area contributed by atoms with Crippen molar-refractivity contribution in [3.63, 3.8) is 0 Å². The molecule has 0 heterocycles. The molecule has 4 heteroatoms. The van der Waals surface area contributed by atoms with Gasteiger partial charge in [0, 0.05) is 18.2 Å². The molecule has 0 aliphatic rings. The van der Waals surface area contributed by atoms with Crippen LogP contribution in [0.5, 0.6) is 5.75 Å². The molecule has 0 unspecified atom stereocenters. The monoisotopic (exact) mass is 243 g/mol. The van der Waals surface area contributed by atoms with Gasteiger partial charge in [-0.2, -0.15) is 0 Å². The van der Waals surface area contributed by atoms with Crippen molar-refractivity contribution in [2.45, 2.75) is 32.7 Å². The molecule has 0 aliphatic heterocycles. The molecular weight excluding hydrogens is 224 g/mol. The Hall–Kier alpha value is -1.16. The Balaban J connectivity index is 2.38. The molecule has 0 aliphatic carbocycles. The molecule has 0 radical (unpaired) electrons. The van der Waals surface area contributed by atoms with Crippen LogP contribution in [0.4, 0.5) is 8.78 Å². The number of rotatable bonds is 6. The van der Waals surface area contributed by atoms with E-state index in [1.807, 2.05) is 0 Å². The molecule has 1 aromatic rings. The van der Waals surface area contributed by atoms with Crippen molar-refractivity contribution >= 4 is 0 Å². The highest BCUT2D eigenvalue weighted by atomic mass is 19.1. The average molecular weight is 243 g/mol. The molecule has 0 bridgehead atoms. The third-order valence-corrected chi connectivity index (χ3v) is 2.74. The van der Waals surface area contributed by atoms with E-state index in [-0.39, 0.29) is 11.3 Å². The zero-order valence-corrected chi connectivity index (χ0v) is 10.5. The van der Waals surface area contributed by atoms with Gasteiger partial charge in [0.2, 0.25) is 0 Å². The maximum atomic E-state index is 13.2. The molecule has 0 saturated heterocycles. The van der Waals surface area contributed by atoms with Crippen molar-refractivity contribution in [1.29, 1.82) is 0 Å². The van der Waals surface area contributed by atoms with Crippen LogP contribution in [0, 0.1) is 11.6 Å². The highest BCUT2D eigenvalue weighted by Gasteiger charge is 2.13. The minimum Gasteiger partial charge on any atom is -0.489 e. The molecule has 1 N–H and O–H groups in total. The van der Waals surface area contributed by atoms with Gasteiger partial charge in [0.05, 0.1) is 0 Å². The third-order valence-electron chi connectivity index (χ3n) is 2.74. The van der Waals surface area contributed by atoms with Crippen LogP contribution in [0.15, 0.2) is 18.2 Å². The van der Waals surface area contributed by atoms with Crippen LogP contribution in [0.2, 0.25) is 0 Å². The Labute approximate surface area is 101 Å². The first kappa shape index (κ1) is 13.9. The van der Waals surface area contributed by atoms with Gasteiger partial charge in [-0.25, -0.2) is 8.78 Å². The fourth-order valence-corrected chi connectivity index (χ4v) is 1.26. The number of halogens is 2. The summed E-state index contributed by atoms with van der Waals surface area (Å²) >= 11 is 0. The molecule has 1 aromatic carbocycles. The summed E-state index contributed by atoms with van der Waals surface area (Å²) in [6, 6.07) is 3.19. The topological polar surface area (TPSA) is 21.3 Å². The molecule has 96 valence electrons. The second-order valence-corrected chi connectivity index (χ2v) is 4.59. The van der Waals surface area contributed by atoms with Crippen molar-refractivity contribution < 1.29 is 13.5 Å². The van der Waals surface area contributed by atoms with Gasteiger partial charge in [-0.15, -0.1) is 0 Å². The third kappa shape index (κ3) is 4.69. The van der Waals surface area contributed by atoms with E-state index in [1.165, 1.54) is 0 Å². The van der Waals surface area contributed by atoms with Gasteiger partial charge >= 0.3 is 0 Å². The van der Waals surface area contributed by atoms with Crippen LogP contribution in [-0.2, 0) is 0 Å². The lowest BCUT2D eigenvalue weighted by Crippen LogP contribution is -2.40. The van der Waals surface area contributed by atoms with E-state index in [2.05, 4.69) is 26.1 Å². The Morgan fingerprint density at radius 3 is 2.65 bits per heavy atom. The Morgan fingerprint density at radius 2 is 2.00 bits per heavy atom. The van der Waals surface area contributed by atoms with Gasteiger partial charge in [-0.05, 0) is 32.4 Å². The number of hydrogen-bond acceptors (Lipinski definition) is 2. The maximum absolute atomic E-state index is 13.2. The summed E-state index contributed by atoms with van der Waals surface area (Å²) in [6.45, 7) is 7.15. The van der Waals surface area contributed by atoms with Gasteiger partial charge in [-0.3, -0.25) is 0 Å². The Bertz CT molecular complexity index is 366. The Kier molecular flexibility index (Phi) is 4.87. The van der Waals surface area contributed by atoms with Gasteiger partial charge in [0.1, 0.15) is 12.4 Å². The highest BCUT2D eigenvalue weighted by Crippen LogP contribution is 2.17. The van der Waals surface area contributed by atoms with E-state index in [1.54, 1.807) is 0 Å². The number of nitrogens with one attached hydrogen (secondary N) is 1. The molecule has 17 heavy (non-hydrogen) atoms. The first-order chi connectivity index (χ1) is 7.94. The van der Waals surface area contributed by atoms with E-state index in [4.69, 9.17) is 4.74 Å². The molecule has 0 saturated carbocycles. The number of hydrogen-bond donors (Lipinski definition) is 1. The van der Waals surface area contributed by atoms with Crippen LogP contribution in [0.25, 0.3) is 0 Å². The quantitative estimate of drug-likeness (QED) is 0.775. The number of benzene rings is 1. The zero-order chi connectivity index (χ0) is 12.9. The minimum atomic E-state index is -0.541. The van der Waals surface area contributed by atoms with Crippen LogP contribution >= 0.6 is 0 Å². The normalized spacial score (nSPS) is 11.6. The van der Waals surface area contributed by atoms with Crippen LogP contribution < -0.4 is 10.1 Å². The molecule has 1 rings (SSSR count). The summed E-state index contributed by atoms with van der Waals surface area (Å²) in [5.41, 5.74) is 0.0316. The first-order valence-electron chi connectivity index (χ1n) is 5.77. The van der Waals surface area contributed by atoms with Crippen LogP contribution in [0.1, 0.15) is 27.2 Å². The van der Waals surface area contributed by atoms with Gasteiger partial charge in [-0.1, -0.05) is 6.92 Å². The van der Waals surface area contributed by atoms with Crippen LogP contribution in [-0.4, -0.2) is 18.7 Å². The second kappa shape index (κ2) is 5.96. The largest absolute Gasteiger partial charge is 0.489 e. The maximum Gasteiger partial charge on any atom is 0.165 e. The van der Waals surface area contributed by atoms with E-state index in [9.17, 15) is 8.78 Å². The lowest BCUT2D eigenvalue weighted by molar-refractivity contribution is 0.270. The van der Waals surface area contributed by atoms with E-state index < -0.39 is 11.6 Å². The minimum absolute atomic E-state index is 0.0316. The van der Waals surface area contributed by atoms with Crippen molar-refractivity contribution in [1.82, 2.24) is 5.32 Å². The lowest BCUT2D eigenvalue weighted by atomic mass is 10.0. The average Bonchev–Trinajstić information content (AvgIpc) is 2.29. The zero-order valence-electron chi connectivity index (χ0n) is 10.5. The molecular formula is C13H19F2NO. The SMILES string of the molecule is CCC(C)(C)NCCOc1cc(F)ccc1F. The molecule has 0 spiro atoms. The molecule has 0 aromatic heterocycles. The number of ether oxygens (including phenoxy) is 1. The molecule has 0 fully saturated rings. The van der Waals surface area contributed by atoms with Crippen molar-refractivity contribution in [3.8, 4) is 5.75 Å². The summed E-state index contributed by atoms with van der Waals surface area (Å²) in [5, 5.41) is 3.27. The smallest absolute Gasteiger partial charge is 0.165 e. The Morgan fingerprint density at radius 1 is 1.29 bits per heavy atom. The second-order valence-electron chi connectivity index (χ2n) is 4.59. The summed E-state index contributed by atoms with van der Waals surface area (Å²) in [4.78, 5) is 0. The van der Waals surface area contributed by atoms with Gasteiger partial charge < -0.3 is 10.1 Å². The van der Waals surface area contributed by atoms with E-state index in [0.717, 1.165) is 24.6 Å². The molecule has 0 atom stereocenters.